The van der Waals surface area contributed by atoms with Gasteiger partial charge in [-0.1, -0.05) is 12.1 Å². The van der Waals surface area contributed by atoms with Gasteiger partial charge in [0.15, 0.2) is 0 Å². The van der Waals surface area contributed by atoms with Crippen molar-refractivity contribution in [1.29, 1.82) is 0 Å². The number of methoxy groups -OCH3 is 1. The predicted octanol–water partition coefficient (Wildman–Crippen LogP) is 4.52. The van der Waals surface area contributed by atoms with Crippen molar-refractivity contribution in [3.63, 3.8) is 0 Å². The highest BCUT2D eigenvalue weighted by molar-refractivity contribution is 5.93. The van der Waals surface area contributed by atoms with Crippen molar-refractivity contribution >= 4 is 29.6 Å². The van der Waals surface area contributed by atoms with Crippen LogP contribution in [0.2, 0.25) is 0 Å². The smallest absolute Gasteiger partial charge is 0.410 e. The van der Waals surface area contributed by atoms with Crippen LogP contribution in [-0.2, 0) is 25.5 Å². The van der Waals surface area contributed by atoms with Crippen molar-refractivity contribution in [3.8, 4) is 5.75 Å². The van der Waals surface area contributed by atoms with Crippen LogP contribution < -0.4 is 10.1 Å². The molecular weight excluding hydrogens is 728 g/mol. The summed E-state index contributed by atoms with van der Waals surface area (Å²) in [7, 11) is 2.84. The lowest BCUT2D eigenvalue weighted by Crippen LogP contribution is -2.59. The van der Waals surface area contributed by atoms with Gasteiger partial charge in [-0.25, -0.2) is 23.5 Å². The molecule has 2 aromatic heterocycles. The molecule has 0 aliphatic carbocycles. The molecule has 16 heteroatoms. The van der Waals surface area contributed by atoms with E-state index >= 15 is 0 Å². The molecule has 4 amide bonds. The summed E-state index contributed by atoms with van der Waals surface area (Å²) < 4.78 is 46.3. The number of aromatic nitrogens is 3. The van der Waals surface area contributed by atoms with E-state index in [0.717, 1.165) is 10.5 Å². The second kappa shape index (κ2) is 17.9. The average molecular weight is 778 g/mol. The molecule has 5 atom stereocenters. The van der Waals surface area contributed by atoms with Crippen LogP contribution in [0.1, 0.15) is 57.1 Å². The minimum absolute atomic E-state index is 0.0379. The van der Waals surface area contributed by atoms with Crippen LogP contribution in [0.15, 0.2) is 73.2 Å². The quantitative estimate of drug-likeness (QED) is 0.195. The Kier molecular flexibility index (Phi) is 13.3. The van der Waals surface area contributed by atoms with E-state index in [0.29, 0.717) is 17.9 Å². The van der Waals surface area contributed by atoms with Crippen LogP contribution >= 0.6 is 0 Å². The number of rotatable bonds is 14. The summed E-state index contributed by atoms with van der Waals surface area (Å²) in [6.45, 7) is 8.59. The number of nitrogens with zero attached hydrogens (tertiary/aromatic N) is 6. The van der Waals surface area contributed by atoms with Gasteiger partial charge in [0.05, 0.1) is 18.7 Å². The number of benzene rings is 2. The Balaban J connectivity index is 1.44. The van der Waals surface area contributed by atoms with E-state index in [1.165, 1.54) is 57.5 Å². The third kappa shape index (κ3) is 10.6. The van der Waals surface area contributed by atoms with Gasteiger partial charge in [-0.2, -0.15) is 0 Å². The summed E-state index contributed by atoms with van der Waals surface area (Å²) in [5.41, 5.74) is 0.136. The van der Waals surface area contributed by atoms with Gasteiger partial charge >= 0.3 is 6.09 Å². The monoisotopic (exact) mass is 777 g/mol. The molecule has 1 saturated heterocycles. The van der Waals surface area contributed by atoms with E-state index in [-0.39, 0.29) is 37.6 Å². The molecule has 300 valence electrons. The van der Waals surface area contributed by atoms with E-state index in [1.807, 2.05) is 0 Å². The lowest BCUT2D eigenvalue weighted by molar-refractivity contribution is -0.142. The summed E-state index contributed by atoms with van der Waals surface area (Å²) in [6.07, 6.45) is 3.41. The largest absolute Gasteiger partial charge is 0.489 e. The van der Waals surface area contributed by atoms with Crippen LogP contribution in [0.5, 0.6) is 5.75 Å². The van der Waals surface area contributed by atoms with Gasteiger partial charge in [-0.15, -0.1) is 0 Å². The molecule has 4 aromatic rings. The number of carbonyl (C=O) groups is 4. The van der Waals surface area contributed by atoms with Gasteiger partial charge in [-0.3, -0.25) is 23.7 Å². The Morgan fingerprint density at radius 1 is 1.02 bits per heavy atom. The fraction of sp³-hybridized carbons (Fsp3) is 0.450. The maximum absolute atomic E-state index is 14.7. The fourth-order valence-corrected chi connectivity index (χ4v) is 6.28. The van der Waals surface area contributed by atoms with Crippen molar-refractivity contribution < 1.29 is 42.2 Å². The summed E-state index contributed by atoms with van der Waals surface area (Å²) >= 11 is 0. The second-order valence-electron chi connectivity index (χ2n) is 14.8. The number of ether oxygens (including phenoxy) is 3. The molecule has 0 unspecified atom stereocenters. The van der Waals surface area contributed by atoms with Crippen molar-refractivity contribution in [3.05, 3.63) is 96.1 Å². The van der Waals surface area contributed by atoms with Crippen molar-refractivity contribution in [2.75, 3.05) is 33.8 Å². The number of nitrogens with one attached hydrogen (secondary N) is 1. The molecule has 0 saturated carbocycles. The summed E-state index contributed by atoms with van der Waals surface area (Å²) in [5, 5.41) is 2.78. The topological polar surface area (TPSA) is 148 Å². The number of amides is 4. The first-order valence-electron chi connectivity index (χ1n) is 18.4. The van der Waals surface area contributed by atoms with Gasteiger partial charge in [-0.05, 0) is 89.1 Å². The molecule has 1 N–H and O–H groups in total. The molecule has 5 rings (SSSR count). The number of hydrogen-bond acceptors (Lipinski definition) is 9. The lowest BCUT2D eigenvalue weighted by atomic mass is 10.1. The third-order valence-corrected chi connectivity index (χ3v) is 9.58. The van der Waals surface area contributed by atoms with Crippen molar-refractivity contribution in [2.45, 2.75) is 83.4 Å². The Morgan fingerprint density at radius 3 is 2.30 bits per heavy atom. The second-order valence-corrected chi connectivity index (χ2v) is 14.8. The Bertz CT molecular complexity index is 1950. The van der Waals surface area contributed by atoms with E-state index in [2.05, 4.69) is 15.3 Å². The zero-order chi connectivity index (χ0) is 40.7. The molecular formula is C40H49F2N7O7. The summed E-state index contributed by atoms with van der Waals surface area (Å²) in [4.78, 5) is 68.3. The number of likely N-dealkylation sites (tertiary alicyclic amines) is 1. The molecule has 0 radical (unpaired) electrons. The van der Waals surface area contributed by atoms with Gasteiger partial charge in [0.1, 0.15) is 46.9 Å². The molecule has 56 heavy (non-hydrogen) atoms. The molecule has 1 aliphatic heterocycles. The highest BCUT2D eigenvalue weighted by Gasteiger charge is 2.43. The van der Waals surface area contributed by atoms with Crippen molar-refractivity contribution in [2.24, 2.45) is 0 Å². The molecule has 0 bridgehead atoms. The summed E-state index contributed by atoms with van der Waals surface area (Å²) in [5.74, 6) is -1.64. The molecule has 1 fully saturated rings. The van der Waals surface area contributed by atoms with E-state index in [4.69, 9.17) is 14.2 Å². The van der Waals surface area contributed by atoms with Crippen LogP contribution in [0.25, 0.3) is 5.78 Å². The maximum atomic E-state index is 14.7. The van der Waals surface area contributed by atoms with E-state index < -0.39 is 65.6 Å². The highest BCUT2D eigenvalue weighted by atomic mass is 19.1. The standard InChI is InChI=1S/C40H49F2N7O7/c1-25(46(6)39(53)56-40(3,4)5)35(50)45-34(26(2)54-7)37(52)49-23-32(55-31-15-13-29(42)14-16-31)21-30(49)22-47(20-17-27-9-11-28(41)12-10-27)36(51)33-24-48-19-8-18-43-38(48)44-33/h8-16,18-19,24-26,30,32,34H,17,20-23H2,1-7H3,(H,45,50)/t25-,26+,30-,32-,34-/m0/s1. The number of halogens is 2. The van der Waals surface area contributed by atoms with Gasteiger partial charge in [0.2, 0.25) is 17.6 Å². The Labute approximate surface area is 324 Å². The number of fused-ring (bicyclic) bond motifs is 1. The lowest BCUT2D eigenvalue weighted by Gasteiger charge is -2.35. The van der Waals surface area contributed by atoms with Crippen LogP contribution in [0.4, 0.5) is 13.6 Å². The predicted molar refractivity (Wildman–Crippen MR) is 202 cm³/mol. The number of imidazole rings is 1. The van der Waals surface area contributed by atoms with Crippen LogP contribution in [0.3, 0.4) is 0 Å². The van der Waals surface area contributed by atoms with Crippen LogP contribution in [0, 0.1) is 11.6 Å². The zero-order valence-electron chi connectivity index (χ0n) is 32.6. The SMILES string of the molecule is CO[C@H](C)[C@H](NC(=O)[C@H](C)N(C)C(=O)OC(C)(C)C)C(=O)N1C[C@@H](Oc2ccc(F)cc2)C[C@H]1CN(CCc1ccc(F)cc1)C(=O)c1cn2cccnc2n1. The minimum Gasteiger partial charge on any atom is -0.489 e. The normalized spacial score (nSPS) is 17.2. The van der Waals surface area contributed by atoms with Gasteiger partial charge in [0.25, 0.3) is 5.91 Å². The average Bonchev–Trinajstić information content (AvgIpc) is 3.79. The number of likely N-dealkylation sites (N-methyl/N-ethyl adjacent to an activating group) is 1. The van der Waals surface area contributed by atoms with Crippen LogP contribution in [-0.4, -0.2) is 123 Å². The number of carbonyl (C=O) groups excluding carboxylic acids is 4. The molecule has 2 aromatic carbocycles. The first-order valence-corrected chi connectivity index (χ1v) is 18.4. The Hall–Kier alpha value is -5.64. The molecule has 1 aliphatic rings. The molecule has 3 heterocycles. The third-order valence-electron chi connectivity index (χ3n) is 9.58. The van der Waals surface area contributed by atoms with Gasteiger partial charge < -0.3 is 29.3 Å². The van der Waals surface area contributed by atoms with E-state index in [1.54, 1.807) is 78.7 Å². The number of hydrogen-bond donors (Lipinski definition) is 1. The maximum Gasteiger partial charge on any atom is 0.410 e. The van der Waals surface area contributed by atoms with Crippen molar-refractivity contribution in [1.82, 2.24) is 34.4 Å². The first-order chi connectivity index (χ1) is 26.5. The first kappa shape index (κ1) is 41.5. The summed E-state index contributed by atoms with van der Waals surface area (Å²) in [6, 6.07) is 10.4. The van der Waals surface area contributed by atoms with E-state index in [9.17, 15) is 28.0 Å². The molecule has 14 nitrogen and oxygen atoms in total. The highest BCUT2D eigenvalue weighted by Crippen LogP contribution is 2.27. The van der Waals surface area contributed by atoms with Gasteiger partial charge in [0, 0.05) is 52.3 Å². The minimum atomic E-state index is -1.21. The Morgan fingerprint density at radius 2 is 1.68 bits per heavy atom. The fourth-order valence-electron chi connectivity index (χ4n) is 6.28. The molecule has 0 spiro atoms. The zero-order valence-corrected chi connectivity index (χ0v) is 32.6.